The normalized spacial score (nSPS) is 10.9. The summed E-state index contributed by atoms with van der Waals surface area (Å²) in [5.41, 5.74) is 4.23. The number of hydrogen-bond acceptors (Lipinski definition) is 6. The van der Waals surface area contributed by atoms with E-state index in [1.54, 1.807) is 56.5 Å². The number of sulfonamides is 1. The summed E-state index contributed by atoms with van der Waals surface area (Å²) >= 11 is 1.20. The Morgan fingerprint density at radius 2 is 1.64 bits per heavy atom. The van der Waals surface area contributed by atoms with Crippen LogP contribution in [0, 0.1) is 0 Å². The number of para-hydroxylation sites is 1. The highest BCUT2D eigenvalue weighted by Gasteiger charge is 2.24. The van der Waals surface area contributed by atoms with Gasteiger partial charge in [-0.3, -0.25) is 13.9 Å². The van der Waals surface area contributed by atoms with E-state index in [0.29, 0.717) is 22.0 Å². The number of thiophene rings is 1. The molecule has 2 N–H and O–H groups in total. The van der Waals surface area contributed by atoms with E-state index in [2.05, 4.69) is 15.8 Å². The van der Waals surface area contributed by atoms with Crippen molar-refractivity contribution in [3.8, 4) is 0 Å². The standard InChI is InChI=1S/C23H24N4O4S2/c1-4-27(18-8-6-5-7-9-18)33(30,31)19-12-10-17(11-13-19)21(28)24-23-20(14-15-32-23)22(29)26-25-16(2)3/h5-15H,4H2,1-3H3,(H,24,28)(H,26,29). The molecule has 172 valence electrons. The Hall–Kier alpha value is -3.50. The second-order valence-electron chi connectivity index (χ2n) is 7.15. The fourth-order valence-electron chi connectivity index (χ4n) is 2.97. The molecule has 0 saturated carbocycles. The van der Waals surface area contributed by atoms with Gasteiger partial charge in [0.25, 0.3) is 21.8 Å². The van der Waals surface area contributed by atoms with E-state index in [0.717, 1.165) is 0 Å². The molecule has 33 heavy (non-hydrogen) atoms. The van der Waals surface area contributed by atoms with Gasteiger partial charge in [-0.05, 0) is 68.6 Å². The van der Waals surface area contributed by atoms with Gasteiger partial charge in [0.05, 0.1) is 16.1 Å². The molecule has 0 unspecified atom stereocenters. The van der Waals surface area contributed by atoms with Crippen LogP contribution in [0.4, 0.5) is 10.7 Å². The molecule has 3 aromatic rings. The molecule has 0 spiro atoms. The first-order valence-corrected chi connectivity index (χ1v) is 12.4. The lowest BCUT2D eigenvalue weighted by molar-refractivity contribution is 0.0956. The summed E-state index contributed by atoms with van der Waals surface area (Å²) in [5, 5.41) is 8.65. The van der Waals surface area contributed by atoms with Crippen molar-refractivity contribution in [1.29, 1.82) is 0 Å². The van der Waals surface area contributed by atoms with Gasteiger partial charge in [0, 0.05) is 17.8 Å². The summed E-state index contributed by atoms with van der Waals surface area (Å²) in [7, 11) is -3.79. The molecule has 1 heterocycles. The molecule has 2 aromatic carbocycles. The minimum absolute atomic E-state index is 0.0775. The van der Waals surface area contributed by atoms with Gasteiger partial charge < -0.3 is 5.32 Å². The van der Waals surface area contributed by atoms with Gasteiger partial charge >= 0.3 is 0 Å². The van der Waals surface area contributed by atoms with Crippen molar-refractivity contribution < 1.29 is 18.0 Å². The quantitative estimate of drug-likeness (QED) is 0.366. The molecule has 0 aliphatic heterocycles. The molecule has 1 aromatic heterocycles. The van der Waals surface area contributed by atoms with E-state index in [1.165, 1.54) is 39.9 Å². The van der Waals surface area contributed by atoms with Crippen LogP contribution in [-0.4, -0.2) is 32.5 Å². The van der Waals surface area contributed by atoms with E-state index in [1.807, 2.05) is 6.07 Å². The molecule has 0 fully saturated rings. The van der Waals surface area contributed by atoms with Gasteiger partial charge in [-0.1, -0.05) is 18.2 Å². The SMILES string of the molecule is CCN(c1ccccc1)S(=O)(=O)c1ccc(C(=O)Nc2sccc2C(=O)NN=C(C)C)cc1. The van der Waals surface area contributed by atoms with Gasteiger partial charge in [-0.15, -0.1) is 11.3 Å². The number of amides is 2. The predicted octanol–water partition coefficient (Wildman–Crippen LogP) is 4.34. The average molecular weight is 485 g/mol. The van der Waals surface area contributed by atoms with E-state index < -0.39 is 21.8 Å². The smallest absolute Gasteiger partial charge is 0.274 e. The van der Waals surface area contributed by atoms with Crippen LogP contribution in [0.5, 0.6) is 0 Å². The second-order valence-corrected chi connectivity index (χ2v) is 9.93. The summed E-state index contributed by atoms with van der Waals surface area (Å²) in [6.45, 7) is 5.52. The van der Waals surface area contributed by atoms with Crippen LogP contribution in [0.15, 0.2) is 76.0 Å². The number of nitrogens with zero attached hydrogens (tertiary/aromatic N) is 2. The van der Waals surface area contributed by atoms with Crippen LogP contribution >= 0.6 is 11.3 Å². The van der Waals surface area contributed by atoms with Crippen molar-refractivity contribution in [3.63, 3.8) is 0 Å². The van der Waals surface area contributed by atoms with E-state index >= 15 is 0 Å². The summed E-state index contributed by atoms with van der Waals surface area (Å²) in [5.74, 6) is -0.893. The molecular formula is C23H24N4O4S2. The number of hydrogen-bond donors (Lipinski definition) is 2. The minimum atomic E-state index is -3.79. The topological polar surface area (TPSA) is 108 Å². The van der Waals surface area contributed by atoms with Crippen molar-refractivity contribution >= 4 is 49.6 Å². The van der Waals surface area contributed by atoms with Crippen molar-refractivity contribution in [1.82, 2.24) is 5.43 Å². The fraction of sp³-hybridized carbons (Fsp3) is 0.174. The molecule has 2 amide bonds. The molecule has 0 aliphatic rings. The second kappa shape index (κ2) is 10.4. The number of hydrazone groups is 1. The lowest BCUT2D eigenvalue weighted by Gasteiger charge is -2.23. The number of anilines is 2. The van der Waals surface area contributed by atoms with Crippen molar-refractivity contribution in [3.05, 3.63) is 77.2 Å². The number of rotatable bonds is 8. The molecule has 0 saturated heterocycles. The maximum Gasteiger partial charge on any atom is 0.274 e. The Bertz CT molecular complexity index is 1260. The Balaban J connectivity index is 1.77. The Kier molecular flexibility index (Phi) is 7.62. The lowest BCUT2D eigenvalue weighted by atomic mass is 10.2. The first kappa shape index (κ1) is 24.1. The summed E-state index contributed by atoms with van der Waals surface area (Å²) in [6, 6.07) is 16.1. The van der Waals surface area contributed by atoms with Crippen LogP contribution in [0.1, 0.15) is 41.5 Å². The zero-order chi connectivity index (χ0) is 24.0. The highest BCUT2D eigenvalue weighted by Crippen LogP contribution is 2.26. The summed E-state index contributed by atoms with van der Waals surface area (Å²) in [6.07, 6.45) is 0. The highest BCUT2D eigenvalue weighted by molar-refractivity contribution is 7.92. The molecular weight excluding hydrogens is 460 g/mol. The Morgan fingerprint density at radius 3 is 2.24 bits per heavy atom. The zero-order valence-corrected chi connectivity index (χ0v) is 20.0. The Morgan fingerprint density at radius 1 is 0.970 bits per heavy atom. The van der Waals surface area contributed by atoms with Crippen LogP contribution in [0.2, 0.25) is 0 Å². The number of carbonyl (C=O) groups excluding carboxylic acids is 2. The third-order valence-electron chi connectivity index (χ3n) is 4.55. The van der Waals surface area contributed by atoms with Crippen LogP contribution in [-0.2, 0) is 10.0 Å². The molecule has 8 nitrogen and oxygen atoms in total. The first-order valence-electron chi connectivity index (χ1n) is 10.1. The largest absolute Gasteiger partial charge is 0.313 e. The maximum atomic E-state index is 13.1. The Labute approximate surface area is 197 Å². The predicted molar refractivity (Wildman–Crippen MR) is 132 cm³/mol. The molecule has 10 heteroatoms. The van der Waals surface area contributed by atoms with Gasteiger partial charge in [0.2, 0.25) is 0 Å². The number of carbonyl (C=O) groups is 2. The third-order valence-corrected chi connectivity index (χ3v) is 7.30. The minimum Gasteiger partial charge on any atom is -0.313 e. The van der Waals surface area contributed by atoms with E-state index in [4.69, 9.17) is 0 Å². The highest BCUT2D eigenvalue weighted by atomic mass is 32.2. The van der Waals surface area contributed by atoms with Gasteiger partial charge in [0.15, 0.2) is 0 Å². The molecule has 0 atom stereocenters. The van der Waals surface area contributed by atoms with E-state index in [-0.39, 0.29) is 17.0 Å². The van der Waals surface area contributed by atoms with Crippen molar-refractivity contribution in [2.45, 2.75) is 25.7 Å². The molecule has 3 rings (SSSR count). The monoisotopic (exact) mass is 484 g/mol. The van der Waals surface area contributed by atoms with Crippen LogP contribution < -0.4 is 15.0 Å². The van der Waals surface area contributed by atoms with Crippen molar-refractivity contribution in [2.75, 3.05) is 16.2 Å². The summed E-state index contributed by atoms with van der Waals surface area (Å²) < 4.78 is 27.5. The zero-order valence-electron chi connectivity index (χ0n) is 18.4. The lowest BCUT2D eigenvalue weighted by Crippen LogP contribution is -2.30. The average Bonchev–Trinajstić information content (AvgIpc) is 3.26. The maximum absolute atomic E-state index is 13.1. The van der Waals surface area contributed by atoms with Crippen LogP contribution in [0.25, 0.3) is 0 Å². The van der Waals surface area contributed by atoms with E-state index in [9.17, 15) is 18.0 Å². The first-order chi connectivity index (χ1) is 15.7. The molecule has 0 aliphatic carbocycles. The third kappa shape index (κ3) is 5.65. The molecule has 0 bridgehead atoms. The van der Waals surface area contributed by atoms with Gasteiger partial charge in [-0.25, -0.2) is 13.8 Å². The number of benzene rings is 2. The van der Waals surface area contributed by atoms with Gasteiger partial charge in [0.1, 0.15) is 5.00 Å². The van der Waals surface area contributed by atoms with Crippen molar-refractivity contribution in [2.24, 2.45) is 5.10 Å². The summed E-state index contributed by atoms with van der Waals surface area (Å²) in [4.78, 5) is 25.1. The van der Waals surface area contributed by atoms with Gasteiger partial charge in [-0.2, -0.15) is 5.10 Å². The molecule has 0 radical (unpaired) electrons. The number of nitrogens with one attached hydrogen (secondary N) is 2. The van der Waals surface area contributed by atoms with Crippen LogP contribution in [0.3, 0.4) is 0 Å². The fourth-order valence-corrected chi connectivity index (χ4v) is 5.23.